The Hall–Kier alpha value is -2.45. The first-order chi connectivity index (χ1) is 12.5. The van der Waals surface area contributed by atoms with E-state index in [9.17, 15) is 18.8 Å². The number of fused-ring (bicyclic) bond motifs is 1. The maximum absolute atomic E-state index is 13.8. The van der Waals surface area contributed by atoms with Crippen molar-refractivity contribution in [2.75, 3.05) is 19.6 Å². The van der Waals surface area contributed by atoms with Gasteiger partial charge in [-0.25, -0.2) is 9.18 Å². The second-order valence-corrected chi connectivity index (χ2v) is 6.95. The van der Waals surface area contributed by atoms with Crippen LogP contribution in [0.15, 0.2) is 40.1 Å². The number of rotatable bonds is 2. The number of hydrogen-bond donors (Lipinski definition) is 2. The molecule has 0 radical (unpaired) electrons. The lowest BCUT2D eigenvalue weighted by Gasteiger charge is -2.28. The van der Waals surface area contributed by atoms with Crippen molar-refractivity contribution in [3.8, 4) is 0 Å². The number of amides is 1. The molecule has 0 bridgehead atoms. The molecular formula is C18H20ClFN4O3. The predicted octanol–water partition coefficient (Wildman–Crippen LogP) is 0.667. The highest BCUT2D eigenvalue weighted by atomic mass is 35.5. The molecule has 0 aliphatic carbocycles. The number of carbonyl (C=O) groups is 1. The molecule has 9 heteroatoms. The summed E-state index contributed by atoms with van der Waals surface area (Å²) >= 11 is 0. The van der Waals surface area contributed by atoms with Gasteiger partial charge in [-0.2, -0.15) is 0 Å². The number of nitrogens with one attached hydrogen (secondary N) is 2. The first-order valence-electron chi connectivity index (χ1n) is 8.53. The van der Waals surface area contributed by atoms with Crippen molar-refractivity contribution in [1.29, 1.82) is 0 Å². The molecule has 3 atom stereocenters. The Balaban J connectivity index is 0.00000210. The molecule has 4 rings (SSSR count). The van der Waals surface area contributed by atoms with Gasteiger partial charge >= 0.3 is 5.69 Å². The van der Waals surface area contributed by atoms with Gasteiger partial charge in [-0.1, -0.05) is 12.1 Å². The molecule has 27 heavy (non-hydrogen) atoms. The van der Waals surface area contributed by atoms with Gasteiger partial charge in [0.1, 0.15) is 11.4 Å². The summed E-state index contributed by atoms with van der Waals surface area (Å²) in [5.74, 6) is -0.388. The summed E-state index contributed by atoms with van der Waals surface area (Å²) in [6.45, 7) is 2.00. The summed E-state index contributed by atoms with van der Waals surface area (Å²) in [6.07, 6.45) is 1.26. The van der Waals surface area contributed by atoms with E-state index in [1.54, 1.807) is 17.0 Å². The minimum absolute atomic E-state index is 0. The SMILES string of the molecule is Cl.Cn1cc(C(=O)N2C[C@@H]3CNC[C@@H]3[C@H]2c2cccc(F)c2)c(=O)[nH]c1=O. The molecule has 2 aromatic rings. The van der Waals surface area contributed by atoms with E-state index >= 15 is 0 Å². The normalized spacial score (nSPS) is 23.8. The summed E-state index contributed by atoms with van der Waals surface area (Å²) in [5.41, 5.74) is -0.640. The molecular weight excluding hydrogens is 375 g/mol. The molecule has 0 saturated carbocycles. The summed E-state index contributed by atoms with van der Waals surface area (Å²) in [6, 6.07) is 5.93. The number of aryl methyl sites for hydroxylation is 1. The van der Waals surface area contributed by atoms with Crippen molar-refractivity contribution in [1.82, 2.24) is 19.8 Å². The average molecular weight is 395 g/mol. The van der Waals surface area contributed by atoms with Gasteiger partial charge in [0.05, 0.1) is 6.04 Å². The highest BCUT2D eigenvalue weighted by Gasteiger charge is 2.47. The van der Waals surface area contributed by atoms with Crippen LogP contribution in [0.25, 0.3) is 0 Å². The van der Waals surface area contributed by atoms with Gasteiger partial charge in [-0.15, -0.1) is 12.4 Å². The molecule has 2 aliphatic heterocycles. The number of hydrogen-bond acceptors (Lipinski definition) is 4. The Morgan fingerprint density at radius 3 is 2.78 bits per heavy atom. The first kappa shape index (κ1) is 19.3. The third-order valence-corrected chi connectivity index (χ3v) is 5.35. The highest BCUT2D eigenvalue weighted by Crippen LogP contribution is 2.43. The Morgan fingerprint density at radius 2 is 2.04 bits per heavy atom. The van der Waals surface area contributed by atoms with E-state index in [0.717, 1.165) is 18.7 Å². The zero-order valence-corrected chi connectivity index (χ0v) is 15.5. The van der Waals surface area contributed by atoms with Crippen LogP contribution in [0.4, 0.5) is 4.39 Å². The van der Waals surface area contributed by atoms with Crippen LogP contribution in [-0.2, 0) is 7.05 Å². The first-order valence-corrected chi connectivity index (χ1v) is 8.53. The monoisotopic (exact) mass is 394 g/mol. The molecule has 2 aliphatic rings. The number of halogens is 2. The number of aromatic nitrogens is 2. The van der Waals surface area contributed by atoms with Crippen molar-refractivity contribution >= 4 is 18.3 Å². The van der Waals surface area contributed by atoms with Crippen molar-refractivity contribution in [2.24, 2.45) is 18.9 Å². The van der Waals surface area contributed by atoms with E-state index in [-0.39, 0.29) is 41.7 Å². The van der Waals surface area contributed by atoms with Crippen LogP contribution in [0, 0.1) is 17.7 Å². The molecule has 2 N–H and O–H groups in total. The standard InChI is InChI=1S/C18H19FN4O3.ClH/c1-22-9-14(16(24)21-18(22)26)17(25)23-8-11-6-20-7-13(11)15(23)10-3-2-4-12(19)5-10;/h2-5,9,11,13,15,20H,6-8H2,1H3,(H,21,24,26);1H/t11-,13-,15+;/m0./s1. The summed E-state index contributed by atoms with van der Waals surface area (Å²) < 4.78 is 14.9. The molecule has 7 nitrogen and oxygen atoms in total. The van der Waals surface area contributed by atoms with Gasteiger partial charge in [0.15, 0.2) is 0 Å². The number of aromatic amines is 1. The zero-order valence-electron chi connectivity index (χ0n) is 14.6. The molecule has 1 aromatic carbocycles. The lowest BCUT2D eigenvalue weighted by atomic mass is 9.89. The van der Waals surface area contributed by atoms with E-state index in [0.29, 0.717) is 6.54 Å². The van der Waals surface area contributed by atoms with Gasteiger partial charge in [0, 0.05) is 38.8 Å². The minimum atomic E-state index is -0.703. The molecule has 0 unspecified atom stereocenters. The number of H-pyrrole nitrogens is 1. The molecule has 1 amide bonds. The Morgan fingerprint density at radius 1 is 1.26 bits per heavy atom. The molecule has 1 aromatic heterocycles. The number of benzene rings is 1. The van der Waals surface area contributed by atoms with Crippen LogP contribution >= 0.6 is 12.4 Å². The topological polar surface area (TPSA) is 87.2 Å². The minimum Gasteiger partial charge on any atom is -0.331 e. The number of carbonyl (C=O) groups excluding carboxylic acids is 1. The average Bonchev–Trinajstić information content (AvgIpc) is 3.18. The number of likely N-dealkylation sites (tertiary alicyclic amines) is 1. The highest BCUT2D eigenvalue weighted by molar-refractivity contribution is 5.94. The second-order valence-electron chi connectivity index (χ2n) is 6.95. The molecule has 144 valence electrons. The lowest BCUT2D eigenvalue weighted by Crippen LogP contribution is -2.40. The predicted molar refractivity (Wildman–Crippen MR) is 99.6 cm³/mol. The van der Waals surface area contributed by atoms with Crippen molar-refractivity contribution in [3.05, 3.63) is 68.2 Å². The molecule has 3 heterocycles. The molecule has 2 fully saturated rings. The second kappa shape index (κ2) is 7.28. The lowest BCUT2D eigenvalue weighted by molar-refractivity contribution is 0.0710. The maximum atomic E-state index is 13.8. The van der Waals surface area contributed by atoms with Gasteiger partial charge in [-0.3, -0.25) is 14.6 Å². The van der Waals surface area contributed by atoms with E-state index < -0.39 is 17.2 Å². The van der Waals surface area contributed by atoms with Crippen molar-refractivity contribution < 1.29 is 9.18 Å². The van der Waals surface area contributed by atoms with Gasteiger partial charge in [0.2, 0.25) is 0 Å². The van der Waals surface area contributed by atoms with Crippen molar-refractivity contribution in [2.45, 2.75) is 6.04 Å². The van der Waals surface area contributed by atoms with Crippen LogP contribution in [0.1, 0.15) is 22.0 Å². The Bertz CT molecular complexity index is 989. The maximum Gasteiger partial charge on any atom is 0.328 e. The largest absolute Gasteiger partial charge is 0.331 e. The summed E-state index contributed by atoms with van der Waals surface area (Å²) in [7, 11) is 1.47. The summed E-state index contributed by atoms with van der Waals surface area (Å²) in [5, 5.41) is 3.32. The van der Waals surface area contributed by atoms with Gasteiger partial charge < -0.3 is 14.8 Å². The van der Waals surface area contributed by atoms with Crippen LogP contribution in [0.5, 0.6) is 0 Å². The van der Waals surface area contributed by atoms with Gasteiger partial charge in [0.25, 0.3) is 11.5 Å². The Labute approximate surface area is 160 Å². The van der Waals surface area contributed by atoms with E-state index in [4.69, 9.17) is 0 Å². The smallest absolute Gasteiger partial charge is 0.328 e. The molecule has 0 spiro atoms. The van der Waals surface area contributed by atoms with E-state index in [1.807, 2.05) is 0 Å². The van der Waals surface area contributed by atoms with E-state index in [1.165, 1.54) is 29.9 Å². The van der Waals surface area contributed by atoms with Crippen LogP contribution in [-0.4, -0.2) is 40.0 Å². The van der Waals surface area contributed by atoms with Crippen molar-refractivity contribution in [3.63, 3.8) is 0 Å². The van der Waals surface area contributed by atoms with Gasteiger partial charge in [-0.05, 0) is 23.6 Å². The fraction of sp³-hybridized carbons (Fsp3) is 0.389. The zero-order chi connectivity index (χ0) is 18.4. The van der Waals surface area contributed by atoms with E-state index in [2.05, 4.69) is 10.3 Å². The molecule has 2 saturated heterocycles. The Kier molecular flexibility index (Phi) is 5.21. The third kappa shape index (κ3) is 3.30. The fourth-order valence-electron chi connectivity index (χ4n) is 4.12. The summed E-state index contributed by atoms with van der Waals surface area (Å²) in [4.78, 5) is 40.6. The quantitative estimate of drug-likeness (QED) is 0.783. The third-order valence-electron chi connectivity index (χ3n) is 5.35. The van der Waals surface area contributed by atoms with Crippen LogP contribution in [0.3, 0.4) is 0 Å². The fourth-order valence-corrected chi connectivity index (χ4v) is 4.12. The number of nitrogens with zero attached hydrogens (tertiary/aromatic N) is 2. The van der Waals surface area contributed by atoms with Crippen LogP contribution in [0.2, 0.25) is 0 Å². The van der Waals surface area contributed by atoms with Crippen LogP contribution < -0.4 is 16.6 Å².